The Morgan fingerprint density at radius 1 is 0.424 bits per heavy atom. The van der Waals surface area contributed by atoms with E-state index in [0.29, 0.717) is 0 Å². The van der Waals surface area contributed by atoms with Crippen molar-refractivity contribution in [2.45, 2.75) is 38.6 Å². The summed E-state index contributed by atoms with van der Waals surface area (Å²) >= 11 is 0. The molecule has 0 atom stereocenters. The van der Waals surface area contributed by atoms with Crippen molar-refractivity contribution in [3.05, 3.63) is 0 Å². The van der Waals surface area contributed by atoms with Gasteiger partial charge >= 0.3 is 50.9 Å². The van der Waals surface area contributed by atoms with Gasteiger partial charge in [0.05, 0.1) is 0 Å². The van der Waals surface area contributed by atoms with Crippen LogP contribution in [0.1, 0.15) is 13.8 Å². The van der Waals surface area contributed by atoms with Gasteiger partial charge in [-0.15, -0.1) is 0 Å². The van der Waals surface area contributed by atoms with Crippen molar-refractivity contribution in [3.8, 4) is 0 Å². The summed E-state index contributed by atoms with van der Waals surface area (Å²) < 4.78 is 126. The Balaban J connectivity index is -0.0000000693. The second kappa shape index (κ2) is 18.1. The Kier molecular flexibility index (Phi) is 24.3. The van der Waals surface area contributed by atoms with E-state index >= 15 is 0 Å². The maximum absolute atomic E-state index is 10.5. The monoisotopic (exact) mass is 600 g/mol. The first kappa shape index (κ1) is 44.3. The summed E-state index contributed by atoms with van der Waals surface area (Å²) in [4.78, 5) is 44.6. The van der Waals surface area contributed by atoms with Crippen LogP contribution < -0.4 is 20.4 Å². The molecule has 0 amide bonds. The number of carboxylic acids is 4. The van der Waals surface area contributed by atoms with Crippen LogP contribution >= 0.6 is 0 Å². The van der Waals surface area contributed by atoms with Crippen LogP contribution in [0.25, 0.3) is 0 Å². The molecule has 0 radical (unpaired) electrons. The molecule has 0 saturated carbocycles. The van der Waals surface area contributed by atoms with Gasteiger partial charge in [-0.2, -0.15) is 52.7 Å². The van der Waals surface area contributed by atoms with Crippen molar-refractivity contribution in [2.24, 2.45) is 0 Å². The maximum atomic E-state index is 10.5. The summed E-state index contributed by atoms with van der Waals surface area (Å²) in [5.74, 6) is -11.9. The number of Topliss-reactive ketones (excluding diaryl/α,β-unsaturated/α-hetero) is 1. The number of ketones is 1. The summed E-state index contributed by atoms with van der Waals surface area (Å²) in [6.45, 7) is 3.06. The van der Waals surface area contributed by atoms with Crippen molar-refractivity contribution in [3.63, 3.8) is 0 Å². The van der Waals surface area contributed by atoms with Crippen molar-refractivity contribution in [1.82, 2.24) is 0 Å². The summed E-state index contributed by atoms with van der Waals surface area (Å²) in [5, 5.41) is 35.1. The van der Waals surface area contributed by atoms with E-state index in [1.54, 1.807) is 0 Å². The van der Waals surface area contributed by atoms with Gasteiger partial charge in [0.25, 0.3) is 0 Å². The number of hydrogen-bond donors (Lipinski definition) is 0. The number of aliphatic carboxylic acids is 4. The van der Waals surface area contributed by atoms with E-state index < -0.39 is 48.6 Å². The van der Waals surface area contributed by atoms with Crippen LogP contribution in [0.15, 0.2) is 0 Å². The first-order valence-electron chi connectivity index (χ1n) is 6.10. The molecule has 0 bridgehead atoms. The van der Waals surface area contributed by atoms with Crippen molar-refractivity contribution >= 4 is 29.7 Å². The Bertz CT molecular complexity index is 520. The zero-order valence-corrected chi connectivity index (χ0v) is 17.7. The third-order valence-corrected chi connectivity index (χ3v) is 0.926. The van der Waals surface area contributed by atoms with Crippen LogP contribution in [0, 0.1) is 0 Å². The molecule has 192 valence electrons. The average Bonchev–Trinajstić information content (AvgIpc) is 2.44. The molecule has 0 fully saturated rings. The minimum Gasteiger partial charge on any atom is -0.542 e. The largest absolute Gasteiger partial charge is 4.00 e. The predicted molar refractivity (Wildman–Crippen MR) is 60.6 cm³/mol. The molecule has 0 spiro atoms. The second-order valence-electron chi connectivity index (χ2n) is 4.05. The van der Waals surface area contributed by atoms with Gasteiger partial charge in [0.1, 0.15) is 29.7 Å². The molecule has 0 heterocycles. The number of rotatable bonds is 0. The Morgan fingerprint density at radius 2 is 0.455 bits per heavy atom. The molecule has 33 heavy (non-hydrogen) atoms. The third-order valence-electron chi connectivity index (χ3n) is 0.926. The van der Waals surface area contributed by atoms with Crippen LogP contribution in [-0.2, 0) is 50.2 Å². The van der Waals surface area contributed by atoms with Gasteiger partial charge in [-0.05, 0) is 13.8 Å². The van der Waals surface area contributed by atoms with E-state index in [9.17, 15) is 57.5 Å². The summed E-state index contributed by atoms with van der Waals surface area (Å²) in [6.07, 6.45) is -20.8. The van der Waals surface area contributed by atoms with E-state index in [4.69, 9.17) is 39.6 Å². The smallest absolute Gasteiger partial charge is 0.542 e. The van der Waals surface area contributed by atoms with Crippen molar-refractivity contribution in [1.29, 1.82) is 0 Å². The fraction of sp³-hybridized carbons (Fsp3) is 0.545. The van der Waals surface area contributed by atoms with Crippen LogP contribution in [0.4, 0.5) is 52.7 Å². The van der Waals surface area contributed by atoms with Gasteiger partial charge in [0, 0.05) is 0 Å². The van der Waals surface area contributed by atoms with E-state index in [1.165, 1.54) is 13.8 Å². The normalized spacial score (nSPS) is 10.4. The molecular formula is C11H6F12O9Zr. The van der Waals surface area contributed by atoms with E-state index in [2.05, 4.69) is 0 Å². The molecule has 0 N–H and O–H groups in total. The Hall–Kier alpha value is -2.41. The van der Waals surface area contributed by atoms with Gasteiger partial charge < -0.3 is 44.4 Å². The summed E-state index contributed by atoms with van der Waals surface area (Å²) in [5.41, 5.74) is 0. The third kappa shape index (κ3) is 48.3. The molecule has 0 saturated heterocycles. The topological polar surface area (TPSA) is 178 Å². The van der Waals surface area contributed by atoms with Gasteiger partial charge in [0.2, 0.25) is 0 Å². The van der Waals surface area contributed by atoms with Crippen LogP contribution in [0.5, 0.6) is 0 Å². The van der Waals surface area contributed by atoms with Crippen LogP contribution in [0.2, 0.25) is 0 Å². The minimum absolute atomic E-state index is 0. The number of carbonyl (C=O) groups is 5. The number of hydrogen-bond acceptors (Lipinski definition) is 9. The summed E-state index contributed by atoms with van der Waals surface area (Å²) in [6, 6.07) is 0. The first-order valence-corrected chi connectivity index (χ1v) is 6.10. The zero-order valence-electron chi connectivity index (χ0n) is 15.2. The molecule has 0 unspecified atom stereocenters. The van der Waals surface area contributed by atoms with Crippen molar-refractivity contribution < 1.29 is 123 Å². The SMILES string of the molecule is CC(C)=O.O=C([O-])C(F)(F)F.O=C([O-])C(F)(F)F.O=C([O-])C(F)(F)F.O=C([O-])C(F)(F)F.[Zr+4]. The van der Waals surface area contributed by atoms with Gasteiger partial charge in [0.15, 0.2) is 0 Å². The molecule has 0 aliphatic carbocycles. The Morgan fingerprint density at radius 3 is 0.455 bits per heavy atom. The molecule has 0 rings (SSSR count). The summed E-state index contributed by atoms with van der Waals surface area (Å²) in [7, 11) is 0. The number of alkyl halides is 12. The number of carboxylic acid groups (broad SMARTS) is 4. The first-order chi connectivity index (χ1) is 13.5. The van der Waals surface area contributed by atoms with Crippen LogP contribution in [0.3, 0.4) is 0 Å². The molecular weight excluding hydrogens is 595 g/mol. The van der Waals surface area contributed by atoms with Crippen molar-refractivity contribution in [2.75, 3.05) is 0 Å². The minimum atomic E-state index is -5.19. The predicted octanol–water partition coefficient (Wildman–Crippen LogP) is -2.21. The fourth-order valence-corrected chi connectivity index (χ4v) is 0. The number of carbonyl (C=O) groups excluding carboxylic acids is 5. The molecule has 22 heteroatoms. The molecule has 0 aromatic heterocycles. The molecule has 0 aliphatic heterocycles. The zero-order chi connectivity index (χ0) is 27.9. The molecule has 0 aromatic carbocycles. The standard InChI is InChI=1S/C3H6O.4C2HF3O2.Zr/c1-3(2)4;4*3-2(4,5)1(6)7;/h1-2H3;4*(H,6,7);/q;;;;;+4/p-4. The second-order valence-corrected chi connectivity index (χ2v) is 4.05. The number of halogens is 12. The van der Waals surface area contributed by atoms with Crippen LogP contribution in [-0.4, -0.2) is 54.4 Å². The van der Waals surface area contributed by atoms with E-state index in [1.807, 2.05) is 0 Å². The molecule has 0 aliphatic rings. The van der Waals surface area contributed by atoms with Gasteiger partial charge in [-0.1, -0.05) is 0 Å². The quantitative estimate of drug-likeness (QED) is 0.279. The van der Waals surface area contributed by atoms with E-state index in [0.717, 1.165) is 0 Å². The maximum Gasteiger partial charge on any atom is 4.00 e. The fourth-order valence-electron chi connectivity index (χ4n) is 0. The van der Waals surface area contributed by atoms with E-state index in [-0.39, 0.29) is 32.0 Å². The Labute approximate surface area is 192 Å². The van der Waals surface area contributed by atoms with Gasteiger partial charge in [-0.25, -0.2) is 0 Å². The molecule has 0 aromatic rings. The average molecular weight is 601 g/mol. The van der Waals surface area contributed by atoms with Gasteiger partial charge in [-0.3, -0.25) is 0 Å². The molecule has 9 nitrogen and oxygen atoms in total.